The fourth-order valence-corrected chi connectivity index (χ4v) is 2.34. The van der Waals surface area contributed by atoms with Gasteiger partial charge in [-0.15, -0.1) is 0 Å². The molecule has 6 nitrogen and oxygen atoms in total. The number of hydrogen-bond donors (Lipinski definition) is 2. The van der Waals surface area contributed by atoms with Crippen LogP contribution in [0.2, 0.25) is 0 Å². The number of likely N-dealkylation sites (N-methyl/N-ethyl adjacent to an activating group) is 1. The van der Waals surface area contributed by atoms with Gasteiger partial charge in [0.1, 0.15) is 12.6 Å². The molecule has 26 heavy (non-hydrogen) atoms. The first kappa shape index (κ1) is 19.3. The Labute approximate surface area is 153 Å². The summed E-state index contributed by atoms with van der Waals surface area (Å²) in [5.41, 5.74) is 1.43. The molecule has 2 rings (SSSR count). The molecule has 0 aliphatic heterocycles. The second-order valence-electron chi connectivity index (χ2n) is 5.73. The Kier molecular flexibility index (Phi) is 7.02. The van der Waals surface area contributed by atoms with E-state index in [-0.39, 0.29) is 11.8 Å². The van der Waals surface area contributed by atoms with Gasteiger partial charge in [-0.3, -0.25) is 9.59 Å². The lowest BCUT2D eigenvalue weighted by molar-refractivity contribution is -0.122. The molecule has 2 N–H and O–H groups in total. The van der Waals surface area contributed by atoms with Crippen molar-refractivity contribution in [2.24, 2.45) is 0 Å². The molecule has 0 heterocycles. The summed E-state index contributed by atoms with van der Waals surface area (Å²) in [6.07, 6.45) is 0. The maximum absolute atomic E-state index is 12.3. The van der Waals surface area contributed by atoms with Crippen molar-refractivity contribution in [3.8, 4) is 11.5 Å². The molecule has 6 heteroatoms. The zero-order chi connectivity index (χ0) is 18.9. The van der Waals surface area contributed by atoms with Gasteiger partial charge in [0, 0.05) is 12.1 Å². The van der Waals surface area contributed by atoms with Crippen LogP contribution in [0.3, 0.4) is 0 Å². The van der Waals surface area contributed by atoms with Crippen LogP contribution in [0.1, 0.15) is 29.8 Å². The average Bonchev–Trinajstić information content (AvgIpc) is 2.67. The predicted molar refractivity (Wildman–Crippen MR) is 99.4 cm³/mol. The summed E-state index contributed by atoms with van der Waals surface area (Å²) in [7, 11) is 1.52. The van der Waals surface area contributed by atoms with E-state index in [1.54, 1.807) is 25.1 Å². The van der Waals surface area contributed by atoms with Crippen LogP contribution in [0.4, 0.5) is 0 Å². The molecule has 138 valence electrons. The summed E-state index contributed by atoms with van der Waals surface area (Å²) in [5, 5.41) is 5.33. The van der Waals surface area contributed by atoms with Crippen molar-refractivity contribution in [1.82, 2.24) is 10.6 Å². The summed E-state index contributed by atoms with van der Waals surface area (Å²) in [4.78, 5) is 24.1. The third-order valence-electron chi connectivity index (χ3n) is 3.75. The topological polar surface area (TPSA) is 76.7 Å². The van der Waals surface area contributed by atoms with E-state index in [1.807, 2.05) is 37.3 Å². The zero-order valence-electron chi connectivity index (χ0n) is 15.2. The first-order valence-corrected chi connectivity index (χ1v) is 8.48. The maximum atomic E-state index is 12.3. The highest BCUT2D eigenvalue weighted by Gasteiger charge is 2.17. The number of ether oxygens (including phenoxy) is 2. The second-order valence-corrected chi connectivity index (χ2v) is 5.73. The summed E-state index contributed by atoms with van der Waals surface area (Å²) in [5.74, 6) is 0.427. The summed E-state index contributed by atoms with van der Waals surface area (Å²) < 4.78 is 11.1. The van der Waals surface area contributed by atoms with Gasteiger partial charge in [-0.1, -0.05) is 30.3 Å². The normalized spacial score (nSPS) is 11.3. The van der Waals surface area contributed by atoms with E-state index in [9.17, 15) is 9.59 Å². The first-order chi connectivity index (χ1) is 12.5. The van der Waals surface area contributed by atoms with Gasteiger partial charge >= 0.3 is 0 Å². The minimum Gasteiger partial charge on any atom is -0.493 e. The van der Waals surface area contributed by atoms with Gasteiger partial charge in [0.25, 0.3) is 5.91 Å². The Bertz CT molecular complexity index is 747. The Balaban J connectivity index is 2.05. The highest BCUT2D eigenvalue weighted by molar-refractivity contribution is 5.97. The number of benzene rings is 2. The number of rotatable bonds is 8. The monoisotopic (exact) mass is 356 g/mol. The molecule has 2 aromatic carbocycles. The lowest BCUT2D eigenvalue weighted by Gasteiger charge is -2.15. The number of hydrogen-bond acceptors (Lipinski definition) is 4. The third-order valence-corrected chi connectivity index (χ3v) is 3.75. The Morgan fingerprint density at radius 3 is 2.46 bits per heavy atom. The van der Waals surface area contributed by atoms with E-state index < -0.39 is 6.04 Å². The van der Waals surface area contributed by atoms with E-state index in [4.69, 9.17) is 9.47 Å². The molecule has 0 aliphatic rings. The van der Waals surface area contributed by atoms with E-state index in [0.29, 0.717) is 30.2 Å². The minimum absolute atomic E-state index is 0.226. The SMILES string of the molecule is CCNC(=O)[C@@H](C)NC(=O)c1ccc(OCc2ccccc2)c(OC)c1. The highest BCUT2D eigenvalue weighted by Crippen LogP contribution is 2.28. The summed E-state index contributed by atoms with van der Waals surface area (Å²) in [6.45, 7) is 4.38. The molecule has 2 amide bonds. The maximum Gasteiger partial charge on any atom is 0.252 e. The molecule has 0 fully saturated rings. The molecule has 0 saturated carbocycles. The first-order valence-electron chi connectivity index (χ1n) is 8.48. The second kappa shape index (κ2) is 9.46. The van der Waals surface area contributed by atoms with Crippen molar-refractivity contribution in [3.63, 3.8) is 0 Å². The molecule has 0 bridgehead atoms. The average molecular weight is 356 g/mol. The van der Waals surface area contributed by atoms with Crippen LogP contribution in [0.25, 0.3) is 0 Å². The lowest BCUT2D eigenvalue weighted by Crippen LogP contribution is -2.44. The molecule has 2 aromatic rings. The number of nitrogens with one attached hydrogen (secondary N) is 2. The van der Waals surface area contributed by atoms with Crippen LogP contribution >= 0.6 is 0 Å². The van der Waals surface area contributed by atoms with Gasteiger partial charge in [-0.05, 0) is 37.6 Å². The van der Waals surface area contributed by atoms with Crippen molar-refractivity contribution in [2.75, 3.05) is 13.7 Å². The molecule has 0 spiro atoms. The molecule has 0 saturated heterocycles. The van der Waals surface area contributed by atoms with Crippen molar-refractivity contribution < 1.29 is 19.1 Å². The smallest absolute Gasteiger partial charge is 0.252 e. The van der Waals surface area contributed by atoms with Gasteiger partial charge in [0.2, 0.25) is 5.91 Å². The molecule has 0 unspecified atom stereocenters. The predicted octanol–water partition coefficient (Wildman–Crippen LogP) is 2.53. The molecule has 1 atom stereocenters. The van der Waals surface area contributed by atoms with Crippen molar-refractivity contribution in [3.05, 3.63) is 59.7 Å². The molecule has 0 radical (unpaired) electrons. The van der Waals surface area contributed by atoms with Crippen molar-refractivity contribution >= 4 is 11.8 Å². The van der Waals surface area contributed by atoms with E-state index >= 15 is 0 Å². The fraction of sp³-hybridized carbons (Fsp3) is 0.300. The Morgan fingerprint density at radius 1 is 1.08 bits per heavy atom. The standard InChI is InChI=1S/C20H24N2O4/c1-4-21-19(23)14(2)22-20(24)16-10-11-17(18(12-16)25-3)26-13-15-8-6-5-7-9-15/h5-12,14H,4,13H2,1-3H3,(H,21,23)(H,22,24)/t14-/m1/s1. The van der Waals surface area contributed by atoms with Crippen molar-refractivity contribution in [2.45, 2.75) is 26.5 Å². The van der Waals surface area contributed by atoms with Crippen LogP contribution in [-0.4, -0.2) is 31.5 Å². The quantitative estimate of drug-likeness (QED) is 0.762. The summed E-state index contributed by atoms with van der Waals surface area (Å²) >= 11 is 0. The highest BCUT2D eigenvalue weighted by atomic mass is 16.5. The minimum atomic E-state index is -0.623. The molecule has 0 aliphatic carbocycles. The number of carbonyl (C=O) groups is 2. The number of methoxy groups -OCH3 is 1. The third kappa shape index (κ3) is 5.24. The van der Waals surface area contributed by atoms with Gasteiger partial charge in [0.05, 0.1) is 7.11 Å². The van der Waals surface area contributed by atoms with Crippen LogP contribution < -0.4 is 20.1 Å². The van der Waals surface area contributed by atoms with Gasteiger partial charge in [0.15, 0.2) is 11.5 Å². The Morgan fingerprint density at radius 2 is 1.81 bits per heavy atom. The Hall–Kier alpha value is -3.02. The van der Waals surface area contributed by atoms with E-state index in [0.717, 1.165) is 5.56 Å². The molecular weight excluding hydrogens is 332 g/mol. The summed E-state index contributed by atoms with van der Waals surface area (Å²) in [6, 6.07) is 14.1. The number of carbonyl (C=O) groups excluding carboxylic acids is 2. The van der Waals surface area contributed by atoms with Gasteiger partial charge < -0.3 is 20.1 Å². The lowest BCUT2D eigenvalue weighted by atomic mass is 10.1. The molecule has 0 aromatic heterocycles. The van der Waals surface area contributed by atoms with Crippen LogP contribution in [-0.2, 0) is 11.4 Å². The number of amides is 2. The van der Waals surface area contributed by atoms with Crippen molar-refractivity contribution in [1.29, 1.82) is 0 Å². The van der Waals surface area contributed by atoms with Crippen LogP contribution in [0.5, 0.6) is 11.5 Å². The van der Waals surface area contributed by atoms with E-state index in [2.05, 4.69) is 10.6 Å². The van der Waals surface area contributed by atoms with Crippen LogP contribution in [0, 0.1) is 0 Å². The fourth-order valence-electron chi connectivity index (χ4n) is 2.34. The largest absolute Gasteiger partial charge is 0.493 e. The van der Waals surface area contributed by atoms with Gasteiger partial charge in [-0.25, -0.2) is 0 Å². The van der Waals surface area contributed by atoms with E-state index in [1.165, 1.54) is 7.11 Å². The molecular formula is C20H24N2O4. The van der Waals surface area contributed by atoms with Gasteiger partial charge in [-0.2, -0.15) is 0 Å². The van der Waals surface area contributed by atoms with Crippen LogP contribution in [0.15, 0.2) is 48.5 Å². The zero-order valence-corrected chi connectivity index (χ0v) is 15.2.